The summed E-state index contributed by atoms with van der Waals surface area (Å²) in [4.78, 5) is 2.47. The minimum absolute atomic E-state index is 0.684. The van der Waals surface area contributed by atoms with Crippen LogP contribution in [0.3, 0.4) is 0 Å². The van der Waals surface area contributed by atoms with Crippen LogP contribution in [0.2, 0.25) is 0 Å². The summed E-state index contributed by atoms with van der Waals surface area (Å²) in [7, 11) is 2.23. The molecule has 1 aromatic rings. The molecule has 0 aromatic carbocycles. The van der Waals surface area contributed by atoms with E-state index in [4.69, 9.17) is 5.73 Å². The maximum absolute atomic E-state index is 5.83. The van der Waals surface area contributed by atoms with E-state index in [9.17, 15) is 0 Å². The van der Waals surface area contributed by atoms with Gasteiger partial charge < -0.3 is 5.73 Å². The van der Waals surface area contributed by atoms with Crippen molar-refractivity contribution in [3.05, 3.63) is 20.8 Å². The summed E-state index contributed by atoms with van der Waals surface area (Å²) in [5, 5.41) is 2.23. The Morgan fingerprint density at radius 2 is 2.38 bits per heavy atom. The second kappa shape index (κ2) is 5.63. The summed E-state index contributed by atoms with van der Waals surface area (Å²) in [5.41, 5.74) is 7.23. The Hall–Kier alpha value is 0.1000. The first-order valence-corrected chi connectivity index (χ1v) is 7.51. The summed E-state index contributed by atoms with van der Waals surface area (Å²) in [6, 6.07) is 2.90. The fourth-order valence-electron chi connectivity index (χ4n) is 2.71. The molecule has 0 aliphatic heterocycles. The van der Waals surface area contributed by atoms with Gasteiger partial charge in [-0.2, -0.15) is 0 Å². The number of thiophene rings is 1. The van der Waals surface area contributed by atoms with Crippen LogP contribution in [0.25, 0.3) is 0 Å². The Kier molecular flexibility index (Phi) is 4.41. The predicted molar refractivity (Wildman–Crippen MR) is 73.7 cm³/mol. The second-order valence-electron chi connectivity index (χ2n) is 4.67. The number of nitrogens with zero attached hydrogens (tertiary/aromatic N) is 1. The van der Waals surface area contributed by atoms with E-state index < -0.39 is 0 Å². The highest BCUT2D eigenvalue weighted by Gasteiger charge is 2.29. The highest BCUT2D eigenvalue weighted by Crippen LogP contribution is 2.30. The van der Waals surface area contributed by atoms with Gasteiger partial charge in [-0.15, -0.1) is 11.3 Å². The van der Waals surface area contributed by atoms with Crippen molar-refractivity contribution in [2.75, 3.05) is 13.6 Å². The number of hydrogen-bond donors (Lipinski definition) is 1. The molecule has 1 saturated carbocycles. The van der Waals surface area contributed by atoms with Crippen LogP contribution in [0.5, 0.6) is 0 Å². The van der Waals surface area contributed by atoms with Gasteiger partial charge in [0.25, 0.3) is 0 Å². The second-order valence-corrected chi connectivity index (χ2v) is 6.96. The molecule has 1 fully saturated rings. The Balaban J connectivity index is 1.94. The van der Waals surface area contributed by atoms with E-state index in [0.717, 1.165) is 13.1 Å². The van der Waals surface area contributed by atoms with Crippen molar-refractivity contribution < 1.29 is 0 Å². The zero-order chi connectivity index (χ0) is 11.5. The molecule has 0 amide bonds. The fourth-order valence-corrected chi connectivity index (χ4v) is 3.91. The first kappa shape index (κ1) is 12.6. The van der Waals surface area contributed by atoms with Gasteiger partial charge in [-0.25, -0.2) is 0 Å². The quantitative estimate of drug-likeness (QED) is 0.926. The highest BCUT2D eigenvalue weighted by molar-refractivity contribution is 9.11. The van der Waals surface area contributed by atoms with E-state index in [0.29, 0.717) is 12.0 Å². The Labute approximate surface area is 110 Å². The Morgan fingerprint density at radius 3 is 3.00 bits per heavy atom. The summed E-state index contributed by atoms with van der Waals surface area (Å²) < 4.78 is 1.22. The molecule has 0 radical (unpaired) electrons. The summed E-state index contributed by atoms with van der Waals surface area (Å²) in [5.74, 6) is 0.701. The van der Waals surface area contributed by atoms with Crippen LogP contribution < -0.4 is 5.73 Å². The van der Waals surface area contributed by atoms with Crippen molar-refractivity contribution in [3.8, 4) is 0 Å². The smallest absolute Gasteiger partial charge is 0.0701 e. The van der Waals surface area contributed by atoms with Crippen molar-refractivity contribution in [1.29, 1.82) is 0 Å². The minimum Gasteiger partial charge on any atom is -0.330 e. The van der Waals surface area contributed by atoms with E-state index in [1.54, 1.807) is 11.3 Å². The maximum Gasteiger partial charge on any atom is 0.0701 e. The lowest BCUT2D eigenvalue weighted by molar-refractivity contribution is 0.193. The van der Waals surface area contributed by atoms with Gasteiger partial charge in [0.1, 0.15) is 0 Å². The van der Waals surface area contributed by atoms with Gasteiger partial charge in [0, 0.05) is 12.6 Å². The first-order valence-electron chi connectivity index (χ1n) is 5.84. The summed E-state index contributed by atoms with van der Waals surface area (Å²) in [6.45, 7) is 1.88. The molecule has 1 aliphatic carbocycles. The van der Waals surface area contributed by atoms with Gasteiger partial charge in [0.15, 0.2) is 0 Å². The van der Waals surface area contributed by atoms with Crippen LogP contribution in [0.1, 0.15) is 24.8 Å². The van der Waals surface area contributed by atoms with Crippen LogP contribution >= 0.6 is 27.3 Å². The van der Waals surface area contributed by atoms with Crippen LogP contribution in [-0.2, 0) is 6.54 Å². The molecule has 2 N–H and O–H groups in total. The molecule has 0 spiro atoms. The van der Waals surface area contributed by atoms with E-state index in [1.807, 2.05) is 0 Å². The minimum atomic E-state index is 0.684. The molecule has 1 aliphatic rings. The van der Waals surface area contributed by atoms with Crippen LogP contribution in [0.15, 0.2) is 15.2 Å². The van der Waals surface area contributed by atoms with E-state index in [1.165, 1.54) is 28.6 Å². The van der Waals surface area contributed by atoms with Gasteiger partial charge in [0.05, 0.1) is 3.79 Å². The summed E-state index contributed by atoms with van der Waals surface area (Å²) >= 11 is 5.27. The molecular weight excluding hydrogens is 284 g/mol. The zero-order valence-corrected chi connectivity index (χ0v) is 12.1. The van der Waals surface area contributed by atoms with Crippen molar-refractivity contribution in [3.63, 3.8) is 0 Å². The molecule has 90 valence electrons. The topological polar surface area (TPSA) is 29.3 Å². The zero-order valence-electron chi connectivity index (χ0n) is 9.66. The predicted octanol–water partition coefficient (Wildman–Crippen LogP) is 3.07. The largest absolute Gasteiger partial charge is 0.330 e. The molecule has 0 bridgehead atoms. The van der Waals surface area contributed by atoms with E-state index in [2.05, 4.69) is 39.3 Å². The third-order valence-electron chi connectivity index (χ3n) is 3.54. The van der Waals surface area contributed by atoms with Gasteiger partial charge in [0.2, 0.25) is 0 Å². The first-order chi connectivity index (χ1) is 7.70. The van der Waals surface area contributed by atoms with Crippen molar-refractivity contribution in [1.82, 2.24) is 4.90 Å². The van der Waals surface area contributed by atoms with Gasteiger partial charge in [-0.05, 0) is 65.3 Å². The third-order valence-corrected chi connectivity index (χ3v) is 5.09. The number of nitrogens with two attached hydrogens (primary N) is 1. The molecule has 2 unspecified atom stereocenters. The van der Waals surface area contributed by atoms with Gasteiger partial charge in [-0.1, -0.05) is 6.42 Å². The maximum atomic E-state index is 5.83. The van der Waals surface area contributed by atoms with Crippen LogP contribution in [-0.4, -0.2) is 24.5 Å². The lowest BCUT2D eigenvalue weighted by atomic mass is 10.0. The van der Waals surface area contributed by atoms with Gasteiger partial charge in [-0.3, -0.25) is 4.90 Å². The third kappa shape index (κ3) is 2.86. The van der Waals surface area contributed by atoms with Crippen LogP contribution in [0, 0.1) is 5.92 Å². The number of hydrogen-bond acceptors (Lipinski definition) is 3. The molecule has 1 heterocycles. The standard InChI is InChI=1S/C12H19BrN2S/c1-15(7-9-5-12(13)16-8-9)11-4-2-3-10(11)6-14/h5,8,10-11H,2-4,6-7,14H2,1H3. The number of rotatable bonds is 4. The number of halogens is 1. The van der Waals surface area contributed by atoms with Crippen LogP contribution in [0.4, 0.5) is 0 Å². The fraction of sp³-hybridized carbons (Fsp3) is 0.667. The molecule has 2 atom stereocenters. The lowest BCUT2D eigenvalue weighted by Crippen LogP contribution is -2.37. The highest BCUT2D eigenvalue weighted by atomic mass is 79.9. The lowest BCUT2D eigenvalue weighted by Gasteiger charge is -2.28. The molecule has 1 aromatic heterocycles. The molecule has 2 nitrogen and oxygen atoms in total. The normalized spacial score (nSPS) is 25.5. The Bertz CT molecular complexity index is 340. The molecule has 2 rings (SSSR count). The van der Waals surface area contributed by atoms with Crippen molar-refractivity contribution in [2.45, 2.75) is 31.8 Å². The van der Waals surface area contributed by atoms with Crippen molar-refractivity contribution in [2.24, 2.45) is 11.7 Å². The average molecular weight is 303 g/mol. The molecule has 0 saturated heterocycles. The molecular formula is C12H19BrN2S. The summed E-state index contributed by atoms with van der Waals surface area (Å²) in [6.07, 6.45) is 3.95. The average Bonchev–Trinajstić information content (AvgIpc) is 2.86. The Morgan fingerprint density at radius 1 is 1.56 bits per heavy atom. The van der Waals surface area contributed by atoms with E-state index >= 15 is 0 Å². The van der Waals surface area contributed by atoms with Crippen molar-refractivity contribution >= 4 is 27.3 Å². The van der Waals surface area contributed by atoms with E-state index in [-0.39, 0.29) is 0 Å². The monoisotopic (exact) mass is 302 g/mol. The molecule has 16 heavy (non-hydrogen) atoms. The SMILES string of the molecule is CN(Cc1csc(Br)c1)C1CCCC1CN. The van der Waals surface area contributed by atoms with Gasteiger partial charge >= 0.3 is 0 Å². The molecule has 4 heteroatoms.